The van der Waals surface area contributed by atoms with Gasteiger partial charge in [0.1, 0.15) is 0 Å². The lowest BCUT2D eigenvalue weighted by atomic mass is 10.1. The van der Waals surface area contributed by atoms with Gasteiger partial charge < -0.3 is 9.80 Å². The summed E-state index contributed by atoms with van der Waals surface area (Å²) in [5, 5.41) is 0.860. The molecule has 27 heavy (non-hydrogen) atoms. The molecule has 2 unspecified atom stereocenters. The molecule has 1 heterocycles. The number of hydrogen-bond acceptors (Lipinski definition) is 2. The van der Waals surface area contributed by atoms with Crippen LogP contribution in [0.2, 0.25) is 10.0 Å². The van der Waals surface area contributed by atoms with Gasteiger partial charge in [0.2, 0.25) is 5.91 Å². The number of halogens is 2. The fraction of sp³-hybridized carbons (Fsp3) is 0.333. The summed E-state index contributed by atoms with van der Waals surface area (Å²) in [6, 6.07) is 15.1. The molecular weight excluding hydrogens is 383 g/mol. The smallest absolute Gasteiger partial charge is 0.255 e. The molecule has 0 radical (unpaired) electrons. The maximum absolute atomic E-state index is 12.8. The molecule has 2 aromatic rings. The number of rotatable bonds is 3. The number of piperazine rings is 1. The van der Waals surface area contributed by atoms with E-state index in [2.05, 4.69) is 12.1 Å². The van der Waals surface area contributed by atoms with Crippen LogP contribution in [0.15, 0.2) is 48.5 Å². The average molecular weight is 403 g/mol. The van der Waals surface area contributed by atoms with E-state index in [1.807, 2.05) is 23.1 Å². The normalized spacial score (nSPS) is 21.9. The van der Waals surface area contributed by atoms with E-state index in [1.165, 1.54) is 5.56 Å². The van der Waals surface area contributed by atoms with Gasteiger partial charge >= 0.3 is 0 Å². The molecule has 2 amide bonds. The van der Waals surface area contributed by atoms with Crippen LogP contribution in [0.5, 0.6) is 0 Å². The van der Waals surface area contributed by atoms with Crippen molar-refractivity contribution in [3.05, 3.63) is 69.7 Å². The second kappa shape index (κ2) is 7.53. The van der Waals surface area contributed by atoms with Gasteiger partial charge in [-0.2, -0.15) is 0 Å². The fourth-order valence-electron chi connectivity index (χ4n) is 3.73. The zero-order valence-electron chi connectivity index (χ0n) is 14.8. The van der Waals surface area contributed by atoms with E-state index in [-0.39, 0.29) is 17.7 Å². The summed E-state index contributed by atoms with van der Waals surface area (Å²) in [5.41, 5.74) is 1.69. The molecule has 2 fully saturated rings. The highest BCUT2D eigenvalue weighted by Gasteiger charge is 2.46. The maximum atomic E-state index is 12.8. The maximum Gasteiger partial charge on any atom is 0.255 e. The highest BCUT2D eigenvalue weighted by molar-refractivity contribution is 6.36. The molecule has 0 spiro atoms. The molecule has 1 saturated carbocycles. The molecule has 6 heteroatoms. The van der Waals surface area contributed by atoms with Crippen molar-refractivity contribution < 1.29 is 9.59 Å². The Hall–Kier alpha value is -2.04. The van der Waals surface area contributed by atoms with Gasteiger partial charge in [-0.05, 0) is 36.1 Å². The molecule has 0 N–H and O–H groups in total. The average Bonchev–Trinajstić information content (AvgIpc) is 3.49. The monoisotopic (exact) mass is 402 g/mol. The van der Waals surface area contributed by atoms with Crippen molar-refractivity contribution in [2.24, 2.45) is 5.92 Å². The van der Waals surface area contributed by atoms with Gasteiger partial charge in [-0.1, -0.05) is 53.5 Å². The van der Waals surface area contributed by atoms with Crippen LogP contribution in [0.3, 0.4) is 0 Å². The van der Waals surface area contributed by atoms with Gasteiger partial charge in [-0.3, -0.25) is 9.59 Å². The number of hydrogen-bond donors (Lipinski definition) is 0. The van der Waals surface area contributed by atoms with Crippen LogP contribution in [-0.4, -0.2) is 47.8 Å². The molecule has 1 saturated heterocycles. The van der Waals surface area contributed by atoms with Crippen molar-refractivity contribution in [2.75, 3.05) is 26.2 Å². The number of amides is 2. The van der Waals surface area contributed by atoms with Crippen LogP contribution in [0.25, 0.3) is 0 Å². The molecule has 1 aliphatic carbocycles. The Kier molecular flexibility index (Phi) is 5.11. The molecule has 2 atom stereocenters. The van der Waals surface area contributed by atoms with Crippen molar-refractivity contribution >= 4 is 35.0 Å². The second-order valence-corrected chi connectivity index (χ2v) is 7.94. The first-order valence-corrected chi connectivity index (χ1v) is 9.88. The Balaban J connectivity index is 1.34. The van der Waals surface area contributed by atoms with Crippen molar-refractivity contribution in [3.63, 3.8) is 0 Å². The van der Waals surface area contributed by atoms with E-state index in [1.54, 1.807) is 23.1 Å². The van der Waals surface area contributed by atoms with Crippen molar-refractivity contribution in [1.29, 1.82) is 0 Å². The summed E-state index contributed by atoms with van der Waals surface area (Å²) < 4.78 is 0. The SMILES string of the molecule is O=C(c1ccc(Cl)cc1Cl)N1CCN(C(=O)C2CC2c2ccccc2)CC1. The molecule has 4 nitrogen and oxygen atoms in total. The Bertz CT molecular complexity index is 864. The highest BCUT2D eigenvalue weighted by atomic mass is 35.5. The third kappa shape index (κ3) is 3.83. The molecule has 1 aliphatic heterocycles. The van der Waals surface area contributed by atoms with E-state index in [0.717, 1.165) is 6.42 Å². The van der Waals surface area contributed by atoms with Crippen LogP contribution in [-0.2, 0) is 4.79 Å². The summed E-state index contributed by atoms with van der Waals surface area (Å²) in [6.45, 7) is 2.17. The summed E-state index contributed by atoms with van der Waals surface area (Å²) in [6.07, 6.45) is 0.919. The molecule has 0 aromatic heterocycles. The lowest BCUT2D eigenvalue weighted by Crippen LogP contribution is -2.51. The van der Waals surface area contributed by atoms with Gasteiger partial charge in [0.05, 0.1) is 10.6 Å². The van der Waals surface area contributed by atoms with Crippen molar-refractivity contribution in [2.45, 2.75) is 12.3 Å². The third-order valence-corrected chi connectivity index (χ3v) is 5.92. The van der Waals surface area contributed by atoms with Crippen molar-refractivity contribution in [3.8, 4) is 0 Å². The standard InChI is InChI=1S/C21H20Cl2N2O2/c22-15-6-7-16(19(23)12-15)20(26)24-8-10-25(11-9-24)21(27)18-13-17(18)14-4-2-1-3-5-14/h1-7,12,17-18H,8-11,13H2. The summed E-state index contributed by atoms with van der Waals surface area (Å²) in [7, 11) is 0. The lowest BCUT2D eigenvalue weighted by molar-refractivity contribution is -0.134. The molecule has 2 aliphatic rings. The van der Waals surface area contributed by atoms with Crippen LogP contribution in [0.4, 0.5) is 0 Å². The number of nitrogens with zero attached hydrogens (tertiary/aromatic N) is 2. The van der Waals surface area contributed by atoms with Gasteiger partial charge in [-0.25, -0.2) is 0 Å². The van der Waals surface area contributed by atoms with Gasteiger partial charge in [-0.15, -0.1) is 0 Å². The Morgan fingerprint density at radius 3 is 2.22 bits per heavy atom. The largest absolute Gasteiger partial charge is 0.339 e. The Morgan fingerprint density at radius 2 is 1.56 bits per heavy atom. The summed E-state index contributed by atoms with van der Waals surface area (Å²) >= 11 is 12.0. The van der Waals surface area contributed by atoms with Crippen molar-refractivity contribution in [1.82, 2.24) is 9.80 Å². The molecule has 4 rings (SSSR count). The minimum Gasteiger partial charge on any atom is -0.339 e. The van der Waals surface area contributed by atoms with E-state index in [4.69, 9.17) is 23.2 Å². The fourth-order valence-corrected chi connectivity index (χ4v) is 4.22. The van der Waals surface area contributed by atoms with E-state index < -0.39 is 0 Å². The second-order valence-electron chi connectivity index (χ2n) is 7.10. The number of carbonyl (C=O) groups is 2. The van der Waals surface area contributed by atoms with E-state index in [9.17, 15) is 9.59 Å². The highest BCUT2D eigenvalue weighted by Crippen LogP contribution is 2.48. The van der Waals surface area contributed by atoms with Gasteiger partial charge in [0, 0.05) is 37.1 Å². The minimum absolute atomic E-state index is 0.0837. The quantitative estimate of drug-likeness (QED) is 0.775. The topological polar surface area (TPSA) is 40.6 Å². The predicted molar refractivity (Wildman–Crippen MR) is 106 cm³/mol. The first kappa shape index (κ1) is 18.3. The molecule has 140 valence electrons. The zero-order chi connectivity index (χ0) is 19.0. The minimum atomic E-state index is -0.114. The third-order valence-electron chi connectivity index (χ3n) is 5.38. The first-order valence-electron chi connectivity index (χ1n) is 9.12. The van der Waals surface area contributed by atoms with Gasteiger partial charge in [0.15, 0.2) is 0 Å². The lowest BCUT2D eigenvalue weighted by Gasteiger charge is -2.35. The van der Waals surface area contributed by atoms with Crippen LogP contribution < -0.4 is 0 Å². The summed E-state index contributed by atoms with van der Waals surface area (Å²) in [5.74, 6) is 0.518. The van der Waals surface area contributed by atoms with Crippen LogP contribution in [0.1, 0.15) is 28.3 Å². The number of carbonyl (C=O) groups excluding carboxylic acids is 2. The van der Waals surface area contributed by atoms with E-state index in [0.29, 0.717) is 47.7 Å². The Labute approximate surface area is 168 Å². The molecule has 0 bridgehead atoms. The van der Waals surface area contributed by atoms with Crippen LogP contribution in [0, 0.1) is 5.92 Å². The van der Waals surface area contributed by atoms with E-state index >= 15 is 0 Å². The predicted octanol–water partition coefficient (Wildman–Crippen LogP) is 4.08. The number of benzene rings is 2. The van der Waals surface area contributed by atoms with Gasteiger partial charge in [0.25, 0.3) is 5.91 Å². The molecule has 2 aromatic carbocycles. The zero-order valence-corrected chi connectivity index (χ0v) is 16.3. The van der Waals surface area contributed by atoms with Crippen LogP contribution >= 0.6 is 23.2 Å². The Morgan fingerprint density at radius 1 is 0.889 bits per heavy atom. The summed E-state index contributed by atoms with van der Waals surface area (Å²) in [4.78, 5) is 29.1. The molecular formula is C21H20Cl2N2O2. The first-order chi connectivity index (χ1) is 13.0.